The minimum atomic E-state index is -0.865. The number of rotatable bonds is 6. The van der Waals surface area contributed by atoms with E-state index in [1.54, 1.807) is 18.5 Å². The van der Waals surface area contributed by atoms with Crippen LogP contribution in [0.4, 0.5) is 5.95 Å². The molecule has 0 saturated carbocycles. The number of hydrogen-bond acceptors (Lipinski definition) is 4. The van der Waals surface area contributed by atoms with Crippen LogP contribution in [0.2, 0.25) is 0 Å². The molecule has 0 aliphatic carbocycles. The fourth-order valence-electron chi connectivity index (χ4n) is 1.20. The lowest BCUT2D eigenvalue weighted by molar-refractivity contribution is -0.138. The number of aromatic nitrogens is 2. The Labute approximate surface area is 88.6 Å². The van der Waals surface area contributed by atoms with Crippen molar-refractivity contribution in [2.24, 2.45) is 0 Å². The Morgan fingerprint density at radius 1 is 1.53 bits per heavy atom. The Morgan fingerprint density at radius 2 is 2.20 bits per heavy atom. The maximum atomic E-state index is 10.9. The fraction of sp³-hybridized carbons (Fsp3) is 0.500. The third-order valence-corrected chi connectivity index (χ3v) is 2.01. The Kier molecular flexibility index (Phi) is 4.53. The predicted molar refractivity (Wildman–Crippen MR) is 56.6 cm³/mol. The van der Waals surface area contributed by atoms with Gasteiger partial charge in [0.1, 0.15) is 6.04 Å². The molecule has 5 heteroatoms. The highest BCUT2D eigenvalue weighted by molar-refractivity contribution is 5.76. The average molecular weight is 209 g/mol. The molecule has 2 N–H and O–H groups in total. The molecule has 0 saturated heterocycles. The SMILES string of the molecule is CCCCC(Nc1ncccn1)C(=O)O. The summed E-state index contributed by atoms with van der Waals surface area (Å²) >= 11 is 0. The first-order valence-electron chi connectivity index (χ1n) is 5.00. The molecule has 0 bridgehead atoms. The lowest BCUT2D eigenvalue weighted by Crippen LogP contribution is -2.29. The monoisotopic (exact) mass is 209 g/mol. The highest BCUT2D eigenvalue weighted by Crippen LogP contribution is 2.06. The van der Waals surface area contributed by atoms with E-state index >= 15 is 0 Å². The standard InChI is InChI=1S/C10H15N3O2/c1-2-3-5-8(9(14)15)13-10-11-6-4-7-12-10/h4,6-8H,2-3,5H2,1H3,(H,14,15)(H,11,12,13). The summed E-state index contributed by atoms with van der Waals surface area (Å²) < 4.78 is 0. The predicted octanol–water partition coefficient (Wildman–Crippen LogP) is 1.53. The van der Waals surface area contributed by atoms with E-state index in [-0.39, 0.29) is 0 Å². The van der Waals surface area contributed by atoms with Gasteiger partial charge in [-0.1, -0.05) is 19.8 Å². The summed E-state index contributed by atoms with van der Waals surface area (Å²) in [5.41, 5.74) is 0. The molecule has 1 unspecified atom stereocenters. The van der Waals surface area contributed by atoms with Crippen LogP contribution in [0, 0.1) is 0 Å². The molecular weight excluding hydrogens is 194 g/mol. The summed E-state index contributed by atoms with van der Waals surface area (Å²) in [4.78, 5) is 18.7. The van der Waals surface area contributed by atoms with Gasteiger partial charge in [-0.05, 0) is 12.5 Å². The van der Waals surface area contributed by atoms with Crippen molar-refractivity contribution in [3.8, 4) is 0 Å². The zero-order valence-electron chi connectivity index (χ0n) is 8.68. The number of aliphatic carboxylic acids is 1. The summed E-state index contributed by atoms with van der Waals surface area (Å²) in [7, 11) is 0. The largest absolute Gasteiger partial charge is 0.480 e. The highest BCUT2D eigenvalue weighted by atomic mass is 16.4. The molecule has 0 amide bonds. The smallest absolute Gasteiger partial charge is 0.326 e. The topological polar surface area (TPSA) is 75.1 Å². The van der Waals surface area contributed by atoms with Gasteiger partial charge in [-0.3, -0.25) is 0 Å². The van der Waals surface area contributed by atoms with Gasteiger partial charge in [0.25, 0.3) is 0 Å². The molecule has 0 fully saturated rings. The quantitative estimate of drug-likeness (QED) is 0.743. The highest BCUT2D eigenvalue weighted by Gasteiger charge is 2.16. The summed E-state index contributed by atoms with van der Waals surface area (Å²) in [6.07, 6.45) is 5.59. The Bertz CT molecular complexity index is 303. The van der Waals surface area contributed by atoms with Gasteiger partial charge in [-0.2, -0.15) is 0 Å². The maximum absolute atomic E-state index is 10.9. The number of hydrogen-bond donors (Lipinski definition) is 2. The normalized spacial score (nSPS) is 12.1. The van der Waals surface area contributed by atoms with Gasteiger partial charge in [0.2, 0.25) is 5.95 Å². The molecule has 15 heavy (non-hydrogen) atoms. The van der Waals surface area contributed by atoms with Gasteiger partial charge >= 0.3 is 5.97 Å². The van der Waals surface area contributed by atoms with Crippen LogP contribution in [0.25, 0.3) is 0 Å². The molecular formula is C10H15N3O2. The molecule has 1 atom stereocenters. The van der Waals surface area contributed by atoms with Crippen molar-refractivity contribution in [3.05, 3.63) is 18.5 Å². The van der Waals surface area contributed by atoms with Gasteiger partial charge < -0.3 is 10.4 Å². The molecule has 5 nitrogen and oxygen atoms in total. The van der Waals surface area contributed by atoms with Gasteiger partial charge in [-0.25, -0.2) is 14.8 Å². The lowest BCUT2D eigenvalue weighted by Gasteiger charge is -2.13. The van der Waals surface area contributed by atoms with Crippen LogP contribution in [0.5, 0.6) is 0 Å². The Hall–Kier alpha value is -1.65. The molecule has 0 aromatic carbocycles. The number of nitrogens with zero attached hydrogens (tertiary/aromatic N) is 2. The van der Waals surface area contributed by atoms with E-state index in [9.17, 15) is 4.79 Å². The van der Waals surface area contributed by atoms with E-state index in [4.69, 9.17) is 5.11 Å². The number of anilines is 1. The van der Waals surface area contributed by atoms with Crippen molar-refractivity contribution in [3.63, 3.8) is 0 Å². The van der Waals surface area contributed by atoms with E-state index in [1.165, 1.54) is 0 Å². The average Bonchev–Trinajstić information content (AvgIpc) is 2.25. The first-order valence-corrected chi connectivity index (χ1v) is 5.00. The van der Waals surface area contributed by atoms with E-state index < -0.39 is 12.0 Å². The van der Waals surface area contributed by atoms with Crippen LogP contribution in [-0.4, -0.2) is 27.1 Å². The number of carboxylic acids is 1. The zero-order valence-corrected chi connectivity index (χ0v) is 8.68. The van der Waals surface area contributed by atoms with Crippen LogP contribution in [0.15, 0.2) is 18.5 Å². The molecule has 1 heterocycles. The molecule has 0 spiro atoms. The van der Waals surface area contributed by atoms with Crippen molar-refractivity contribution < 1.29 is 9.90 Å². The Balaban J connectivity index is 2.55. The van der Waals surface area contributed by atoms with Crippen LogP contribution < -0.4 is 5.32 Å². The third kappa shape index (κ3) is 3.93. The zero-order chi connectivity index (χ0) is 11.1. The Morgan fingerprint density at radius 3 is 2.73 bits per heavy atom. The van der Waals surface area contributed by atoms with Crippen molar-refractivity contribution in [1.29, 1.82) is 0 Å². The van der Waals surface area contributed by atoms with Crippen LogP contribution >= 0.6 is 0 Å². The van der Waals surface area contributed by atoms with Crippen LogP contribution in [0.1, 0.15) is 26.2 Å². The van der Waals surface area contributed by atoms with E-state index in [1.807, 2.05) is 6.92 Å². The fourth-order valence-corrected chi connectivity index (χ4v) is 1.20. The molecule has 1 aromatic rings. The van der Waals surface area contributed by atoms with Gasteiger partial charge in [0.05, 0.1) is 0 Å². The minimum absolute atomic E-state index is 0.362. The van der Waals surface area contributed by atoms with Crippen molar-refractivity contribution in [2.75, 3.05) is 5.32 Å². The first-order chi connectivity index (χ1) is 7.24. The summed E-state index contributed by atoms with van der Waals surface area (Å²) in [6.45, 7) is 2.03. The lowest BCUT2D eigenvalue weighted by atomic mass is 10.1. The van der Waals surface area contributed by atoms with Gasteiger partial charge in [0, 0.05) is 12.4 Å². The number of carboxylic acid groups (broad SMARTS) is 1. The summed E-state index contributed by atoms with van der Waals surface area (Å²) in [5, 5.41) is 11.7. The molecule has 0 radical (unpaired) electrons. The third-order valence-electron chi connectivity index (χ3n) is 2.01. The maximum Gasteiger partial charge on any atom is 0.326 e. The van der Waals surface area contributed by atoms with E-state index in [0.717, 1.165) is 12.8 Å². The number of carbonyl (C=O) groups is 1. The molecule has 1 rings (SSSR count). The molecule has 0 aliphatic heterocycles. The second-order valence-corrected chi connectivity index (χ2v) is 3.25. The number of unbranched alkanes of at least 4 members (excludes halogenated alkanes) is 1. The first kappa shape index (κ1) is 11.4. The molecule has 82 valence electrons. The van der Waals surface area contributed by atoms with Crippen LogP contribution in [-0.2, 0) is 4.79 Å². The number of nitrogens with one attached hydrogen (secondary N) is 1. The van der Waals surface area contributed by atoms with E-state index in [0.29, 0.717) is 12.4 Å². The summed E-state index contributed by atoms with van der Waals surface area (Å²) in [6, 6.07) is 1.08. The van der Waals surface area contributed by atoms with Gasteiger partial charge in [-0.15, -0.1) is 0 Å². The van der Waals surface area contributed by atoms with Crippen LogP contribution in [0.3, 0.4) is 0 Å². The second kappa shape index (κ2) is 5.95. The molecule has 0 aliphatic rings. The minimum Gasteiger partial charge on any atom is -0.480 e. The van der Waals surface area contributed by atoms with Crippen molar-refractivity contribution >= 4 is 11.9 Å². The van der Waals surface area contributed by atoms with Crippen molar-refractivity contribution in [2.45, 2.75) is 32.2 Å². The van der Waals surface area contributed by atoms with Crippen molar-refractivity contribution in [1.82, 2.24) is 9.97 Å². The second-order valence-electron chi connectivity index (χ2n) is 3.25. The summed E-state index contributed by atoms with van der Waals surface area (Å²) in [5.74, 6) is -0.503. The molecule has 1 aromatic heterocycles. The van der Waals surface area contributed by atoms with E-state index in [2.05, 4.69) is 15.3 Å². The van der Waals surface area contributed by atoms with Gasteiger partial charge in [0.15, 0.2) is 0 Å².